The molecule has 0 saturated carbocycles. The van der Waals surface area contributed by atoms with E-state index in [2.05, 4.69) is 15.9 Å². The van der Waals surface area contributed by atoms with Crippen LogP contribution in [0, 0.1) is 12.7 Å². The summed E-state index contributed by atoms with van der Waals surface area (Å²) in [4.78, 5) is 0. The van der Waals surface area contributed by atoms with Crippen molar-refractivity contribution in [2.45, 2.75) is 12.7 Å². The highest BCUT2D eigenvalue weighted by Gasteiger charge is 2.07. The summed E-state index contributed by atoms with van der Waals surface area (Å²) in [6.07, 6.45) is 1.97. The number of hydrogen-bond acceptors (Lipinski definition) is 1. The van der Waals surface area contributed by atoms with E-state index < -0.39 is 0 Å². The summed E-state index contributed by atoms with van der Waals surface area (Å²) in [5, 5.41) is 0. The zero-order valence-corrected chi connectivity index (χ0v) is 9.43. The van der Waals surface area contributed by atoms with Crippen LogP contribution in [0.2, 0.25) is 0 Å². The number of halogens is 2. The highest BCUT2D eigenvalue weighted by atomic mass is 79.9. The van der Waals surface area contributed by atoms with Gasteiger partial charge in [0.1, 0.15) is 5.82 Å². The Morgan fingerprint density at radius 3 is 2.75 bits per heavy atom. The molecule has 0 saturated heterocycles. The van der Waals surface area contributed by atoms with Crippen molar-refractivity contribution in [2.24, 2.45) is 0 Å². The highest BCUT2D eigenvalue weighted by Crippen LogP contribution is 2.26. The summed E-state index contributed by atoms with van der Waals surface area (Å²) in [5.74, 6) is 0.593. The molecule has 0 unspecified atom stereocenters. The Balaban J connectivity index is 3.14. The molecule has 0 aliphatic rings. The third-order valence-corrected chi connectivity index (χ3v) is 3.35. The van der Waals surface area contributed by atoms with E-state index in [0.717, 1.165) is 15.6 Å². The molecule has 3 heteroatoms. The predicted molar refractivity (Wildman–Crippen MR) is 56.1 cm³/mol. The monoisotopic (exact) mass is 248 g/mol. The van der Waals surface area contributed by atoms with Gasteiger partial charge in [-0.2, -0.15) is 11.8 Å². The second kappa shape index (κ2) is 4.28. The Labute approximate surface area is 84.7 Å². The molecule has 0 amide bonds. The van der Waals surface area contributed by atoms with Crippen LogP contribution in [0.5, 0.6) is 0 Å². The van der Waals surface area contributed by atoms with Gasteiger partial charge in [-0.25, -0.2) is 4.39 Å². The van der Waals surface area contributed by atoms with E-state index in [0.29, 0.717) is 5.75 Å². The molecule has 1 aromatic carbocycles. The lowest BCUT2D eigenvalue weighted by Gasteiger charge is -2.06. The molecular formula is C9H10BrFS. The van der Waals surface area contributed by atoms with Crippen LogP contribution in [0.3, 0.4) is 0 Å². The van der Waals surface area contributed by atoms with Gasteiger partial charge in [-0.3, -0.25) is 0 Å². The van der Waals surface area contributed by atoms with E-state index in [1.54, 1.807) is 17.8 Å². The molecule has 0 bridgehead atoms. The second-order valence-electron chi connectivity index (χ2n) is 2.59. The van der Waals surface area contributed by atoms with Gasteiger partial charge in [-0.1, -0.05) is 22.0 Å². The van der Waals surface area contributed by atoms with Crippen molar-refractivity contribution >= 4 is 27.7 Å². The summed E-state index contributed by atoms with van der Waals surface area (Å²) in [6, 6.07) is 3.30. The van der Waals surface area contributed by atoms with Crippen LogP contribution in [-0.4, -0.2) is 6.26 Å². The molecule has 66 valence electrons. The number of rotatable bonds is 2. The fourth-order valence-corrected chi connectivity index (χ4v) is 2.21. The van der Waals surface area contributed by atoms with Crippen molar-refractivity contribution in [1.29, 1.82) is 0 Å². The summed E-state index contributed by atoms with van der Waals surface area (Å²) < 4.78 is 14.1. The molecule has 0 nitrogen and oxygen atoms in total. The third kappa shape index (κ3) is 2.02. The first-order valence-electron chi connectivity index (χ1n) is 3.59. The van der Waals surface area contributed by atoms with Crippen LogP contribution >= 0.6 is 27.7 Å². The van der Waals surface area contributed by atoms with Crippen molar-refractivity contribution in [3.8, 4) is 0 Å². The van der Waals surface area contributed by atoms with Gasteiger partial charge in [0.2, 0.25) is 0 Å². The molecule has 0 N–H and O–H groups in total. The van der Waals surface area contributed by atoms with E-state index in [-0.39, 0.29) is 5.82 Å². The predicted octanol–water partition coefficient (Wildman–Crippen LogP) is 3.76. The molecular weight excluding hydrogens is 239 g/mol. The summed E-state index contributed by atoms with van der Waals surface area (Å²) in [7, 11) is 0. The third-order valence-electron chi connectivity index (χ3n) is 1.67. The van der Waals surface area contributed by atoms with Crippen LogP contribution in [0.25, 0.3) is 0 Å². The summed E-state index contributed by atoms with van der Waals surface area (Å²) in [5.41, 5.74) is 1.85. The smallest absolute Gasteiger partial charge is 0.128 e. The molecule has 0 spiro atoms. The van der Waals surface area contributed by atoms with E-state index in [1.165, 1.54) is 6.07 Å². The molecule has 0 aromatic heterocycles. The SMILES string of the molecule is CSCc1c(F)ccc(C)c1Br. The minimum absolute atomic E-state index is 0.123. The molecule has 0 aliphatic heterocycles. The maximum Gasteiger partial charge on any atom is 0.128 e. The number of benzene rings is 1. The standard InChI is InChI=1S/C9H10BrFS/c1-6-3-4-8(11)7(5-12-2)9(6)10/h3-4H,5H2,1-2H3. The Morgan fingerprint density at radius 2 is 2.17 bits per heavy atom. The van der Waals surface area contributed by atoms with Crippen LogP contribution in [-0.2, 0) is 5.75 Å². The lowest BCUT2D eigenvalue weighted by molar-refractivity contribution is 0.615. The Hall–Kier alpha value is -0.0200. The molecule has 12 heavy (non-hydrogen) atoms. The lowest BCUT2D eigenvalue weighted by Crippen LogP contribution is -1.91. The molecule has 0 fully saturated rings. The van der Waals surface area contributed by atoms with Crippen molar-refractivity contribution < 1.29 is 4.39 Å². The highest BCUT2D eigenvalue weighted by molar-refractivity contribution is 9.10. The molecule has 0 radical (unpaired) electrons. The van der Waals surface area contributed by atoms with Crippen molar-refractivity contribution in [3.63, 3.8) is 0 Å². The topological polar surface area (TPSA) is 0 Å². The average Bonchev–Trinajstić information content (AvgIpc) is 2.06. The van der Waals surface area contributed by atoms with Gasteiger partial charge >= 0.3 is 0 Å². The zero-order valence-electron chi connectivity index (χ0n) is 7.03. The normalized spacial score (nSPS) is 10.3. The van der Waals surface area contributed by atoms with Crippen LogP contribution in [0.15, 0.2) is 16.6 Å². The largest absolute Gasteiger partial charge is 0.207 e. The molecule has 0 atom stereocenters. The van der Waals surface area contributed by atoms with Gasteiger partial charge < -0.3 is 0 Å². The average molecular weight is 249 g/mol. The first kappa shape index (κ1) is 10.1. The quantitative estimate of drug-likeness (QED) is 0.769. The first-order chi connectivity index (χ1) is 5.66. The maximum atomic E-state index is 13.2. The van der Waals surface area contributed by atoms with Crippen LogP contribution in [0.1, 0.15) is 11.1 Å². The van der Waals surface area contributed by atoms with Gasteiger partial charge in [0.25, 0.3) is 0 Å². The Kier molecular flexibility index (Phi) is 3.59. The van der Waals surface area contributed by atoms with E-state index in [9.17, 15) is 4.39 Å². The van der Waals surface area contributed by atoms with Gasteiger partial charge in [-0.05, 0) is 24.8 Å². The number of thioether (sulfide) groups is 1. The molecule has 1 rings (SSSR count). The van der Waals surface area contributed by atoms with Crippen molar-refractivity contribution in [3.05, 3.63) is 33.5 Å². The molecule has 1 aromatic rings. The van der Waals surface area contributed by atoms with Gasteiger partial charge in [0, 0.05) is 15.8 Å². The van der Waals surface area contributed by atoms with Gasteiger partial charge in [0.05, 0.1) is 0 Å². The molecule has 0 aliphatic carbocycles. The van der Waals surface area contributed by atoms with Crippen LogP contribution in [0.4, 0.5) is 4.39 Å². The lowest BCUT2D eigenvalue weighted by atomic mass is 10.1. The Bertz CT molecular complexity index is 286. The minimum atomic E-state index is -0.123. The first-order valence-corrected chi connectivity index (χ1v) is 5.78. The maximum absolute atomic E-state index is 13.2. The van der Waals surface area contributed by atoms with Gasteiger partial charge in [-0.15, -0.1) is 0 Å². The van der Waals surface area contributed by atoms with Crippen molar-refractivity contribution in [1.82, 2.24) is 0 Å². The number of hydrogen-bond donors (Lipinski definition) is 0. The van der Waals surface area contributed by atoms with E-state index >= 15 is 0 Å². The van der Waals surface area contributed by atoms with Gasteiger partial charge in [0.15, 0.2) is 0 Å². The van der Waals surface area contributed by atoms with Crippen molar-refractivity contribution in [2.75, 3.05) is 6.26 Å². The summed E-state index contributed by atoms with van der Waals surface area (Å²) >= 11 is 5.00. The van der Waals surface area contributed by atoms with Crippen LogP contribution < -0.4 is 0 Å². The fraction of sp³-hybridized carbons (Fsp3) is 0.333. The fourth-order valence-electron chi connectivity index (χ4n) is 0.991. The minimum Gasteiger partial charge on any atom is -0.207 e. The second-order valence-corrected chi connectivity index (χ2v) is 4.25. The Morgan fingerprint density at radius 1 is 1.50 bits per heavy atom. The molecule has 0 heterocycles. The van der Waals surface area contributed by atoms with E-state index in [4.69, 9.17) is 0 Å². The summed E-state index contributed by atoms with van der Waals surface area (Å²) in [6.45, 7) is 1.97. The zero-order chi connectivity index (χ0) is 9.14. The number of aryl methyl sites for hydroxylation is 1. The van der Waals surface area contributed by atoms with E-state index in [1.807, 2.05) is 13.2 Å².